The molecule has 1 aromatic rings. The maximum absolute atomic E-state index is 11.9. The Morgan fingerprint density at radius 3 is 2.61 bits per heavy atom. The molecule has 1 amide bonds. The number of carboxylic acids is 1. The first-order valence-corrected chi connectivity index (χ1v) is 6.45. The molecule has 4 nitrogen and oxygen atoms in total. The summed E-state index contributed by atoms with van der Waals surface area (Å²) < 4.78 is 0.853. The number of benzene rings is 1. The number of halogens is 1. The lowest BCUT2D eigenvalue weighted by atomic mass is 10.1. The number of hydrogen-bond donors (Lipinski definition) is 2. The molecule has 0 aromatic heterocycles. The average molecular weight is 314 g/mol. The highest BCUT2D eigenvalue weighted by atomic mass is 79.9. The maximum atomic E-state index is 11.9. The molecule has 0 aliphatic heterocycles. The lowest BCUT2D eigenvalue weighted by Gasteiger charge is -2.11. The molecule has 1 aromatic carbocycles. The molecule has 0 spiro atoms. The third-order valence-corrected chi connectivity index (χ3v) is 2.90. The first kappa shape index (κ1) is 14.7. The molecule has 0 aliphatic rings. The molecule has 18 heavy (non-hydrogen) atoms. The molecule has 0 saturated carbocycles. The van der Waals surface area contributed by atoms with Gasteiger partial charge in [-0.15, -0.1) is 0 Å². The number of rotatable bonds is 5. The predicted octanol–water partition coefficient (Wildman–Crippen LogP) is 2.60. The third kappa shape index (κ3) is 4.87. The molecule has 0 fully saturated rings. The van der Waals surface area contributed by atoms with E-state index in [-0.39, 0.29) is 18.2 Å². The molecule has 1 rings (SSSR count). The summed E-state index contributed by atoms with van der Waals surface area (Å²) in [5.74, 6) is -1.12. The van der Waals surface area contributed by atoms with Gasteiger partial charge >= 0.3 is 5.97 Å². The van der Waals surface area contributed by atoms with E-state index in [0.29, 0.717) is 12.1 Å². The van der Waals surface area contributed by atoms with Gasteiger partial charge in [-0.2, -0.15) is 0 Å². The quantitative estimate of drug-likeness (QED) is 0.878. The predicted molar refractivity (Wildman–Crippen MR) is 72.6 cm³/mol. The summed E-state index contributed by atoms with van der Waals surface area (Å²) in [6.07, 6.45) is 0.0534. The fourth-order valence-corrected chi connectivity index (χ4v) is 2.21. The number of hydrogen-bond acceptors (Lipinski definition) is 2. The molecule has 2 N–H and O–H groups in total. The molecular weight excluding hydrogens is 298 g/mol. The summed E-state index contributed by atoms with van der Waals surface area (Å²) in [5, 5.41) is 11.4. The van der Waals surface area contributed by atoms with Gasteiger partial charge in [0.05, 0.1) is 0 Å². The van der Waals surface area contributed by atoms with Crippen molar-refractivity contribution in [1.29, 1.82) is 0 Å². The van der Waals surface area contributed by atoms with Gasteiger partial charge in [0.2, 0.25) is 0 Å². The first-order chi connectivity index (χ1) is 8.38. The van der Waals surface area contributed by atoms with Crippen molar-refractivity contribution in [3.8, 4) is 0 Å². The van der Waals surface area contributed by atoms with E-state index < -0.39 is 5.97 Å². The van der Waals surface area contributed by atoms with E-state index in [9.17, 15) is 9.59 Å². The Bertz CT molecular complexity index is 439. The van der Waals surface area contributed by atoms with E-state index in [1.807, 2.05) is 13.0 Å². The van der Waals surface area contributed by atoms with Crippen LogP contribution >= 0.6 is 15.9 Å². The fourth-order valence-electron chi connectivity index (χ4n) is 1.61. The van der Waals surface area contributed by atoms with Gasteiger partial charge in [0.1, 0.15) is 0 Å². The van der Waals surface area contributed by atoms with Crippen molar-refractivity contribution in [2.24, 2.45) is 5.92 Å². The van der Waals surface area contributed by atoms with Crippen LogP contribution in [0.15, 0.2) is 22.7 Å². The smallest absolute Gasteiger partial charge is 0.303 e. The zero-order chi connectivity index (χ0) is 13.7. The minimum Gasteiger partial charge on any atom is -0.481 e. The van der Waals surface area contributed by atoms with E-state index in [1.165, 1.54) is 0 Å². The normalized spacial score (nSPS) is 11.9. The molecule has 1 unspecified atom stereocenters. The van der Waals surface area contributed by atoms with Crippen molar-refractivity contribution in [2.45, 2.75) is 20.3 Å². The van der Waals surface area contributed by atoms with E-state index in [4.69, 9.17) is 5.11 Å². The fraction of sp³-hybridized carbons (Fsp3) is 0.385. The van der Waals surface area contributed by atoms with Crippen LogP contribution in [0.2, 0.25) is 0 Å². The number of carboxylic acid groups (broad SMARTS) is 1. The number of aliphatic carboxylic acids is 1. The summed E-state index contributed by atoms with van der Waals surface area (Å²) in [7, 11) is 0. The minimum atomic E-state index is -0.852. The lowest BCUT2D eigenvalue weighted by Crippen LogP contribution is -2.29. The van der Waals surface area contributed by atoms with Gasteiger partial charge in [0, 0.05) is 23.0 Å². The third-order valence-electron chi connectivity index (χ3n) is 2.44. The minimum absolute atomic E-state index is 0.0534. The van der Waals surface area contributed by atoms with Gasteiger partial charge in [0.15, 0.2) is 0 Å². The zero-order valence-electron chi connectivity index (χ0n) is 10.4. The van der Waals surface area contributed by atoms with Gasteiger partial charge in [-0.25, -0.2) is 0 Å². The van der Waals surface area contributed by atoms with Crippen molar-refractivity contribution >= 4 is 27.8 Å². The van der Waals surface area contributed by atoms with E-state index in [2.05, 4.69) is 21.2 Å². The monoisotopic (exact) mass is 313 g/mol. The maximum Gasteiger partial charge on any atom is 0.303 e. The van der Waals surface area contributed by atoms with E-state index in [0.717, 1.165) is 10.0 Å². The van der Waals surface area contributed by atoms with Crippen molar-refractivity contribution < 1.29 is 14.7 Å². The lowest BCUT2D eigenvalue weighted by molar-refractivity contribution is -0.137. The number of aryl methyl sites for hydroxylation is 1. The van der Waals surface area contributed by atoms with Gasteiger partial charge in [-0.05, 0) is 36.6 Å². The molecular formula is C13H16BrNO3. The summed E-state index contributed by atoms with van der Waals surface area (Å²) in [6, 6.07) is 5.45. The highest BCUT2D eigenvalue weighted by Crippen LogP contribution is 2.15. The Hall–Kier alpha value is -1.36. The van der Waals surface area contributed by atoms with Crippen LogP contribution in [0.5, 0.6) is 0 Å². The zero-order valence-corrected chi connectivity index (χ0v) is 12.0. The second-order valence-corrected chi connectivity index (χ2v) is 5.35. The van der Waals surface area contributed by atoms with Crippen molar-refractivity contribution in [3.05, 3.63) is 33.8 Å². The van der Waals surface area contributed by atoms with Crippen LogP contribution < -0.4 is 5.32 Å². The molecule has 0 heterocycles. The Kier molecular flexibility index (Phi) is 5.34. The van der Waals surface area contributed by atoms with E-state index in [1.54, 1.807) is 19.1 Å². The Morgan fingerprint density at radius 2 is 2.06 bits per heavy atom. The van der Waals surface area contributed by atoms with Gasteiger partial charge in [-0.1, -0.05) is 22.9 Å². The highest BCUT2D eigenvalue weighted by molar-refractivity contribution is 9.10. The average Bonchev–Trinajstić information content (AvgIpc) is 2.23. The molecule has 0 radical (unpaired) electrons. The summed E-state index contributed by atoms with van der Waals surface area (Å²) >= 11 is 3.34. The Morgan fingerprint density at radius 1 is 1.39 bits per heavy atom. The number of amides is 1. The first-order valence-electron chi connectivity index (χ1n) is 5.65. The van der Waals surface area contributed by atoms with Crippen molar-refractivity contribution in [2.75, 3.05) is 6.54 Å². The number of carbonyl (C=O) groups excluding carboxylic acids is 1. The molecule has 0 aliphatic carbocycles. The molecule has 1 atom stereocenters. The highest BCUT2D eigenvalue weighted by Gasteiger charge is 2.11. The van der Waals surface area contributed by atoms with Crippen LogP contribution in [-0.2, 0) is 4.79 Å². The van der Waals surface area contributed by atoms with Crippen LogP contribution in [0.25, 0.3) is 0 Å². The van der Waals surface area contributed by atoms with E-state index >= 15 is 0 Å². The summed E-state index contributed by atoms with van der Waals surface area (Å²) in [6.45, 7) is 4.06. The van der Waals surface area contributed by atoms with Gasteiger partial charge in [-0.3, -0.25) is 9.59 Å². The van der Waals surface area contributed by atoms with Gasteiger partial charge in [0.25, 0.3) is 5.91 Å². The SMILES string of the molecule is Cc1cc(Br)cc(C(=O)NCC(C)CC(=O)O)c1. The summed E-state index contributed by atoms with van der Waals surface area (Å²) in [4.78, 5) is 22.4. The second kappa shape index (κ2) is 6.54. The molecule has 0 saturated heterocycles. The van der Waals surface area contributed by atoms with Crippen LogP contribution in [-0.4, -0.2) is 23.5 Å². The molecule has 98 valence electrons. The topological polar surface area (TPSA) is 66.4 Å². The van der Waals surface area contributed by atoms with Crippen LogP contribution in [0.4, 0.5) is 0 Å². The molecule has 5 heteroatoms. The number of nitrogens with one attached hydrogen (secondary N) is 1. The van der Waals surface area contributed by atoms with Crippen LogP contribution in [0.1, 0.15) is 29.3 Å². The number of carbonyl (C=O) groups is 2. The second-order valence-electron chi connectivity index (χ2n) is 4.43. The van der Waals surface area contributed by atoms with Crippen molar-refractivity contribution in [1.82, 2.24) is 5.32 Å². The van der Waals surface area contributed by atoms with Crippen LogP contribution in [0.3, 0.4) is 0 Å². The summed E-state index contributed by atoms with van der Waals surface area (Å²) in [5.41, 5.74) is 1.57. The van der Waals surface area contributed by atoms with Crippen molar-refractivity contribution in [3.63, 3.8) is 0 Å². The largest absolute Gasteiger partial charge is 0.481 e. The Labute approximate surface area is 115 Å². The Balaban J connectivity index is 2.57. The van der Waals surface area contributed by atoms with Crippen LogP contribution in [0, 0.1) is 12.8 Å². The van der Waals surface area contributed by atoms with Gasteiger partial charge < -0.3 is 10.4 Å². The standard InChI is InChI=1S/C13H16BrNO3/c1-8-3-10(6-11(14)4-8)13(18)15-7-9(2)5-12(16)17/h3-4,6,9H,5,7H2,1-2H3,(H,15,18)(H,16,17). The molecule has 0 bridgehead atoms.